The van der Waals surface area contributed by atoms with Gasteiger partial charge in [0, 0.05) is 12.6 Å². The Kier molecular flexibility index (Phi) is 5.53. The zero-order chi connectivity index (χ0) is 14.6. The lowest BCUT2D eigenvalue weighted by molar-refractivity contribution is -0.124. The van der Waals surface area contributed by atoms with Gasteiger partial charge in [-0.2, -0.15) is 0 Å². The van der Waals surface area contributed by atoms with Gasteiger partial charge in [-0.3, -0.25) is 0 Å². The first-order valence-corrected chi connectivity index (χ1v) is 8.90. The fraction of sp³-hybridized carbons (Fsp3) is 1.00. The third kappa shape index (κ3) is 3.57. The molecule has 2 heteroatoms. The Morgan fingerprint density at radius 1 is 1.10 bits per heavy atom. The van der Waals surface area contributed by atoms with Crippen LogP contribution in [0.4, 0.5) is 0 Å². The smallest absolute Gasteiger partial charge is 0.0837 e. The number of hydrogen-bond acceptors (Lipinski definition) is 2. The minimum Gasteiger partial charge on any atom is -0.374 e. The second-order valence-electron chi connectivity index (χ2n) is 7.78. The molecule has 2 aliphatic carbocycles. The van der Waals surface area contributed by atoms with Crippen molar-refractivity contribution in [2.24, 2.45) is 11.3 Å². The van der Waals surface area contributed by atoms with Crippen molar-refractivity contribution in [1.29, 1.82) is 0 Å². The lowest BCUT2D eigenvalue weighted by atomic mass is 9.63. The Morgan fingerprint density at radius 3 is 2.20 bits per heavy atom. The molecule has 2 aliphatic rings. The van der Waals surface area contributed by atoms with Gasteiger partial charge in [-0.1, -0.05) is 27.2 Å². The van der Waals surface area contributed by atoms with E-state index in [4.69, 9.17) is 4.74 Å². The van der Waals surface area contributed by atoms with Gasteiger partial charge in [0.1, 0.15) is 0 Å². The van der Waals surface area contributed by atoms with Gasteiger partial charge in [0.25, 0.3) is 0 Å². The molecule has 20 heavy (non-hydrogen) atoms. The summed E-state index contributed by atoms with van der Waals surface area (Å²) in [6.45, 7) is 11.3. The van der Waals surface area contributed by atoms with Crippen molar-refractivity contribution in [3.8, 4) is 0 Å². The molecular weight excluding hydrogens is 246 g/mol. The number of nitrogens with one attached hydrogen (secondary N) is 1. The summed E-state index contributed by atoms with van der Waals surface area (Å²) in [4.78, 5) is 0. The van der Waals surface area contributed by atoms with Crippen LogP contribution in [0.1, 0.15) is 79.1 Å². The Balaban J connectivity index is 2.10. The Labute approximate surface area is 126 Å². The highest BCUT2D eigenvalue weighted by Gasteiger charge is 2.48. The summed E-state index contributed by atoms with van der Waals surface area (Å²) in [5.74, 6) is 0.856. The Morgan fingerprint density at radius 2 is 1.75 bits per heavy atom. The van der Waals surface area contributed by atoms with E-state index >= 15 is 0 Å². The van der Waals surface area contributed by atoms with Crippen LogP contribution in [0, 0.1) is 11.3 Å². The van der Waals surface area contributed by atoms with Crippen LogP contribution in [0.25, 0.3) is 0 Å². The van der Waals surface area contributed by atoms with E-state index in [2.05, 4.69) is 33.0 Å². The molecule has 118 valence electrons. The first kappa shape index (κ1) is 16.3. The molecule has 0 aromatic heterocycles. The summed E-state index contributed by atoms with van der Waals surface area (Å²) in [6.07, 6.45) is 10.5. The van der Waals surface area contributed by atoms with E-state index in [9.17, 15) is 0 Å². The maximum Gasteiger partial charge on any atom is 0.0837 e. The topological polar surface area (TPSA) is 21.3 Å². The van der Waals surface area contributed by atoms with Gasteiger partial charge in [-0.15, -0.1) is 0 Å². The SMILES string of the molecule is CCCNC(C1CCC1)C1(OCC)CCC(C)(C)CC1. The average molecular weight is 281 g/mol. The van der Waals surface area contributed by atoms with Crippen molar-refractivity contribution in [3.63, 3.8) is 0 Å². The number of ether oxygens (including phenoxy) is 1. The average Bonchev–Trinajstić information content (AvgIpc) is 2.35. The molecular formula is C18H35NO. The third-order valence-electron chi connectivity index (χ3n) is 5.68. The first-order valence-electron chi connectivity index (χ1n) is 8.90. The van der Waals surface area contributed by atoms with Gasteiger partial charge in [-0.05, 0) is 69.7 Å². The Hall–Kier alpha value is -0.0800. The summed E-state index contributed by atoms with van der Waals surface area (Å²) in [5.41, 5.74) is 0.625. The third-order valence-corrected chi connectivity index (χ3v) is 5.68. The van der Waals surface area contributed by atoms with E-state index in [0.29, 0.717) is 11.5 Å². The summed E-state index contributed by atoms with van der Waals surface area (Å²) < 4.78 is 6.42. The van der Waals surface area contributed by atoms with Crippen LogP contribution >= 0.6 is 0 Å². The predicted octanol–water partition coefficient (Wildman–Crippen LogP) is 4.53. The highest BCUT2D eigenvalue weighted by atomic mass is 16.5. The molecule has 0 saturated heterocycles. The van der Waals surface area contributed by atoms with E-state index in [1.165, 1.54) is 51.4 Å². The molecule has 0 heterocycles. The molecule has 1 atom stereocenters. The zero-order valence-electron chi connectivity index (χ0n) is 14.1. The van der Waals surface area contributed by atoms with Crippen molar-refractivity contribution in [1.82, 2.24) is 5.32 Å². The minimum atomic E-state index is 0.116. The summed E-state index contributed by atoms with van der Waals surface area (Å²) >= 11 is 0. The molecule has 2 saturated carbocycles. The van der Waals surface area contributed by atoms with E-state index in [1.54, 1.807) is 0 Å². The second kappa shape index (κ2) is 6.79. The predicted molar refractivity (Wildman–Crippen MR) is 86.0 cm³/mol. The molecule has 1 N–H and O–H groups in total. The highest BCUT2D eigenvalue weighted by molar-refractivity contribution is 5.03. The van der Waals surface area contributed by atoms with Gasteiger partial charge < -0.3 is 10.1 Å². The first-order chi connectivity index (χ1) is 9.53. The molecule has 2 fully saturated rings. The van der Waals surface area contributed by atoms with E-state index in [-0.39, 0.29) is 5.60 Å². The number of hydrogen-bond donors (Lipinski definition) is 1. The molecule has 0 amide bonds. The Bertz CT molecular complexity index is 286. The van der Waals surface area contributed by atoms with Gasteiger partial charge in [0.15, 0.2) is 0 Å². The van der Waals surface area contributed by atoms with Gasteiger partial charge >= 0.3 is 0 Å². The molecule has 0 spiro atoms. The molecule has 2 nitrogen and oxygen atoms in total. The van der Waals surface area contributed by atoms with Crippen molar-refractivity contribution >= 4 is 0 Å². The lowest BCUT2D eigenvalue weighted by Gasteiger charge is -2.52. The minimum absolute atomic E-state index is 0.116. The second-order valence-corrected chi connectivity index (χ2v) is 7.78. The molecule has 0 aromatic rings. The molecule has 0 bridgehead atoms. The van der Waals surface area contributed by atoms with Crippen LogP contribution in [0.2, 0.25) is 0 Å². The molecule has 0 aromatic carbocycles. The van der Waals surface area contributed by atoms with Crippen molar-refractivity contribution in [3.05, 3.63) is 0 Å². The maximum atomic E-state index is 6.42. The van der Waals surface area contributed by atoms with Crippen LogP contribution in [0.3, 0.4) is 0 Å². The fourth-order valence-electron chi connectivity index (χ4n) is 4.04. The molecule has 0 aliphatic heterocycles. The van der Waals surface area contributed by atoms with E-state index in [0.717, 1.165) is 19.1 Å². The molecule has 1 unspecified atom stereocenters. The molecule has 0 radical (unpaired) electrons. The monoisotopic (exact) mass is 281 g/mol. The quantitative estimate of drug-likeness (QED) is 0.740. The lowest BCUT2D eigenvalue weighted by Crippen LogP contribution is -2.59. The van der Waals surface area contributed by atoms with Crippen LogP contribution < -0.4 is 5.32 Å². The fourth-order valence-corrected chi connectivity index (χ4v) is 4.04. The summed E-state index contributed by atoms with van der Waals surface area (Å²) in [5, 5.41) is 3.87. The van der Waals surface area contributed by atoms with Crippen LogP contribution in [0.15, 0.2) is 0 Å². The largest absolute Gasteiger partial charge is 0.374 e. The normalized spacial score (nSPS) is 27.0. The van der Waals surface area contributed by atoms with Gasteiger partial charge in [0.05, 0.1) is 5.60 Å². The van der Waals surface area contributed by atoms with Crippen molar-refractivity contribution < 1.29 is 4.74 Å². The van der Waals surface area contributed by atoms with Crippen LogP contribution in [-0.2, 0) is 4.74 Å². The van der Waals surface area contributed by atoms with Crippen LogP contribution in [-0.4, -0.2) is 24.8 Å². The van der Waals surface area contributed by atoms with E-state index in [1.807, 2.05) is 0 Å². The zero-order valence-corrected chi connectivity index (χ0v) is 14.1. The summed E-state index contributed by atoms with van der Waals surface area (Å²) in [6, 6.07) is 0.590. The van der Waals surface area contributed by atoms with Crippen molar-refractivity contribution in [2.45, 2.75) is 90.7 Å². The number of rotatable bonds is 7. The van der Waals surface area contributed by atoms with Crippen molar-refractivity contribution in [2.75, 3.05) is 13.2 Å². The highest BCUT2D eigenvalue weighted by Crippen LogP contribution is 2.47. The van der Waals surface area contributed by atoms with Crippen LogP contribution in [0.5, 0.6) is 0 Å². The maximum absolute atomic E-state index is 6.42. The molecule has 2 rings (SSSR count). The van der Waals surface area contributed by atoms with E-state index < -0.39 is 0 Å². The van der Waals surface area contributed by atoms with Gasteiger partial charge in [-0.25, -0.2) is 0 Å². The van der Waals surface area contributed by atoms with Gasteiger partial charge in [0.2, 0.25) is 0 Å². The summed E-state index contributed by atoms with van der Waals surface area (Å²) in [7, 11) is 0. The standard InChI is InChI=1S/C18H35NO/c1-5-14-19-16(15-8-7-9-15)18(20-6-2)12-10-17(3,4)11-13-18/h15-16,19H,5-14H2,1-4H3.